The Morgan fingerprint density at radius 2 is 1.82 bits per heavy atom. The topological polar surface area (TPSA) is 35.5 Å². The van der Waals surface area contributed by atoms with Gasteiger partial charge in [0.1, 0.15) is 19.0 Å². The van der Waals surface area contributed by atoms with Crippen LogP contribution in [0.4, 0.5) is 0 Å². The van der Waals surface area contributed by atoms with Crippen molar-refractivity contribution in [1.29, 1.82) is 0 Å². The minimum atomic E-state index is -0.325. The van der Waals surface area contributed by atoms with E-state index in [1.165, 1.54) is 0 Å². The predicted molar refractivity (Wildman–Crippen MR) is 88.1 cm³/mol. The van der Waals surface area contributed by atoms with Crippen LogP contribution < -0.4 is 4.74 Å². The summed E-state index contributed by atoms with van der Waals surface area (Å²) < 4.78 is 10.8. The number of rotatable bonds is 6. The zero-order valence-corrected chi connectivity index (χ0v) is 12.9. The highest BCUT2D eigenvalue weighted by Crippen LogP contribution is 2.17. The maximum absolute atomic E-state index is 12.2. The largest absolute Gasteiger partial charge is 0.490 e. The Bertz CT molecular complexity index is 645. The second-order valence-corrected chi connectivity index (χ2v) is 4.83. The van der Waals surface area contributed by atoms with Crippen molar-refractivity contribution in [2.75, 3.05) is 13.2 Å². The molecule has 2 aromatic rings. The molecule has 2 rings (SSSR count). The van der Waals surface area contributed by atoms with E-state index in [1.54, 1.807) is 6.07 Å². The fraction of sp³-hybridized carbons (Fsp3) is 0.211. The smallest absolute Gasteiger partial charge is 0.338 e. The van der Waals surface area contributed by atoms with Gasteiger partial charge in [-0.2, -0.15) is 0 Å². The minimum Gasteiger partial charge on any atom is -0.490 e. The molecule has 0 amide bonds. The van der Waals surface area contributed by atoms with Crippen molar-refractivity contribution in [3.63, 3.8) is 0 Å². The van der Waals surface area contributed by atoms with Gasteiger partial charge in [0.2, 0.25) is 0 Å². The van der Waals surface area contributed by atoms with E-state index in [1.807, 2.05) is 68.5 Å². The van der Waals surface area contributed by atoms with E-state index in [4.69, 9.17) is 9.47 Å². The van der Waals surface area contributed by atoms with E-state index < -0.39 is 0 Å². The number of carbonyl (C=O) groups is 1. The zero-order valence-electron chi connectivity index (χ0n) is 12.9. The normalized spacial score (nSPS) is 10.6. The molecular weight excluding hydrogens is 276 g/mol. The maximum atomic E-state index is 12.2. The van der Waals surface area contributed by atoms with Gasteiger partial charge in [-0.15, -0.1) is 0 Å². The number of esters is 1. The monoisotopic (exact) mass is 296 g/mol. The molecule has 0 aliphatic heterocycles. The molecule has 0 N–H and O–H groups in total. The Labute approximate surface area is 131 Å². The molecule has 3 nitrogen and oxygen atoms in total. The molecule has 0 bridgehead atoms. The molecule has 0 aromatic heterocycles. The van der Waals surface area contributed by atoms with Crippen LogP contribution in [0.5, 0.6) is 5.75 Å². The molecule has 2 aromatic carbocycles. The van der Waals surface area contributed by atoms with E-state index in [2.05, 4.69) is 0 Å². The van der Waals surface area contributed by atoms with Crippen LogP contribution in [0.25, 0.3) is 6.08 Å². The highest BCUT2D eigenvalue weighted by molar-refractivity contribution is 5.94. The van der Waals surface area contributed by atoms with Gasteiger partial charge in [0.25, 0.3) is 0 Å². The van der Waals surface area contributed by atoms with Gasteiger partial charge in [-0.05, 0) is 43.2 Å². The number of carbonyl (C=O) groups excluding carboxylic acids is 1. The third-order valence-electron chi connectivity index (χ3n) is 3.21. The van der Waals surface area contributed by atoms with Crippen molar-refractivity contribution in [2.24, 2.45) is 0 Å². The number of allylic oxidation sites excluding steroid dienone is 1. The van der Waals surface area contributed by atoms with E-state index in [0.717, 1.165) is 16.9 Å². The standard InChI is InChI=1S/C19H20O3/c1-3-8-17-15(2)9-7-12-18(17)19(20)22-14-13-21-16-10-5-4-6-11-16/h3-12H,13-14H2,1-2H3/b8-3-. The number of para-hydroxylation sites is 1. The molecule has 0 saturated carbocycles. The first-order valence-corrected chi connectivity index (χ1v) is 7.29. The maximum Gasteiger partial charge on any atom is 0.338 e. The first-order chi connectivity index (χ1) is 10.7. The molecule has 0 saturated heterocycles. The quantitative estimate of drug-likeness (QED) is 0.590. The lowest BCUT2D eigenvalue weighted by atomic mass is 10.0. The lowest BCUT2D eigenvalue weighted by molar-refractivity contribution is 0.0450. The molecule has 0 aliphatic carbocycles. The first kappa shape index (κ1) is 15.8. The summed E-state index contributed by atoms with van der Waals surface area (Å²) in [6.07, 6.45) is 3.84. The molecule has 0 heterocycles. The van der Waals surface area contributed by atoms with Crippen molar-refractivity contribution in [3.8, 4) is 5.75 Å². The molecule has 3 heteroatoms. The second-order valence-electron chi connectivity index (χ2n) is 4.83. The highest BCUT2D eigenvalue weighted by atomic mass is 16.6. The number of benzene rings is 2. The third kappa shape index (κ3) is 4.22. The Morgan fingerprint density at radius 1 is 1.05 bits per heavy atom. The molecule has 0 atom stereocenters. The van der Waals surface area contributed by atoms with E-state index in [9.17, 15) is 4.79 Å². The summed E-state index contributed by atoms with van der Waals surface area (Å²) in [5, 5.41) is 0. The van der Waals surface area contributed by atoms with Gasteiger partial charge in [-0.1, -0.05) is 42.5 Å². The molecule has 0 radical (unpaired) electrons. The fourth-order valence-corrected chi connectivity index (χ4v) is 2.13. The van der Waals surface area contributed by atoms with Gasteiger partial charge in [0.15, 0.2) is 0 Å². The second kappa shape index (κ2) is 8.03. The van der Waals surface area contributed by atoms with Crippen LogP contribution in [0, 0.1) is 6.92 Å². The first-order valence-electron chi connectivity index (χ1n) is 7.29. The van der Waals surface area contributed by atoms with Crippen molar-refractivity contribution in [3.05, 3.63) is 71.3 Å². The minimum absolute atomic E-state index is 0.219. The summed E-state index contributed by atoms with van der Waals surface area (Å²) in [6, 6.07) is 15.1. The Kier molecular flexibility index (Phi) is 5.78. The summed E-state index contributed by atoms with van der Waals surface area (Å²) in [5.74, 6) is 0.442. The molecule has 114 valence electrons. The van der Waals surface area contributed by atoms with Gasteiger partial charge in [-0.25, -0.2) is 4.79 Å². The van der Waals surface area contributed by atoms with Crippen molar-refractivity contribution in [1.82, 2.24) is 0 Å². The van der Waals surface area contributed by atoms with Crippen LogP contribution in [-0.2, 0) is 4.74 Å². The molecular formula is C19H20O3. The van der Waals surface area contributed by atoms with Crippen LogP contribution >= 0.6 is 0 Å². The third-order valence-corrected chi connectivity index (χ3v) is 3.21. The molecule has 0 aliphatic rings. The summed E-state index contributed by atoms with van der Waals surface area (Å²) in [5.41, 5.74) is 2.53. The van der Waals surface area contributed by atoms with Crippen molar-refractivity contribution in [2.45, 2.75) is 13.8 Å². The summed E-state index contributed by atoms with van der Waals surface area (Å²) >= 11 is 0. The van der Waals surface area contributed by atoms with Crippen LogP contribution in [0.15, 0.2) is 54.6 Å². The fourth-order valence-electron chi connectivity index (χ4n) is 2.13. The summed E-state index contributed by atoms with van der Waals surface area (Å²) in [6.45, 7) is 4.46. The Morgan fingerprint density at radius 3 is 2.55 bits per heavy atom. The lowest BCUT2D eigenvalue weighted by Gasteiger charge is -2.10. The highest BCUT2D eigenvalue weighted by Gasteiger charge is 2.12. The summed E-state index contributed by atoms with van der Waals surface area (Å²) in [7, 11) is 0. The van der Waals surface area contributed by atoms with Gasteiger partial charge in [0.05, 0.1) is 5.56 Å². The number of ether oxygens (including phenoxy) is 2. The number of hydrogen-bond donors (Lipinski definition) is 0. The SMILES string of the molecule is C/C=C\c1c(C)cccc1C(=O)OCCOc1ccccc1. The van der Waals surface area contributed by atoms with Gasteiger partial charge >= 0.3 is 5.97 Å². The Hall–Kier alpha value is -2.55. The molecule has 0 unspecified atom stereocenters. The van der Waals surface area contributed by atoms with Gasteiger partial charge < -0.3 is 9.47 Å². The molecule has 0 spiro atoms. The van der Waals surface area contributed by atoms with E-state index in [-0.39, 0.29) is 12.6 Å². The summed E-state index contributed by atoms with van der Waals surface area (Å²) in [4.78, 5) is 12.2. The number of aryl methyl sites for hydroxylation is 1. The Balaban J connectivity index is 1.91. The molecule has 22 heavy (non-hydrogen) atoms. The van der Waals surface area contributed by atoms with Crippen LogP contribution in [0.2, 0.25) is 0 Å². The van der Waals surface area contributed by atoms with Crippen LogP contribution in [0.3, 0.4) is 0 Å². The average molecular weight is 296 g/mol. The number of hydrogen-bond acceptors (Lipinski definition) is 3. The van der Waals surface area contributed by atoms with E-state index in [0.29, 0.717) is 12.2 Å². The molecule has 0 fully saturated rings. The van der Waals surface area contributed by atoms with Crippen molar-refractivity contribution >= 4 is 12.0 Å². The van der Waals surface area contributed by atoms with Gasteiger partial charge in [0, 0.05) is 0 Å². The zero-order chi connectivity index (χ0) is 15.8. The van der Waals surface area contributed by atoms with E-state index >= 15 is 0 Å². The predicted octanol–water partition coefficient (Wildman–Crippen LogP) is 4.26. The van der Waals surface area contributed by atoms with Crippen LogP contribution in [0.1, 0.15) is 28.4 Å². The lowest BCUT2D eigenvalue weighted by Crippen LogP contribution is -2.13. The van der Waals surface area contributed by atoms with Gasteiger partial charge in [-0.3, -0.25) is 0 Å². The van der Waals surface area contributed by atoms with Crippen molar-refractivity contribution < 1.29 is 14.3 Å². The van der Waals surface area contributed by atoms with Crippen LogP contribution in [-0.4, -0.2) is 19.2 Å². The average Bonchev–Trinajstić information content (AvgIpc) is 2.54.